The summed E-state index contributed by atoms with van der Waals surface area (Å²) in [5.41, 5.74) is -0.602. The summed E-state index contributed by atoms with van der Waals surface area (Å²) in [4.78, 5) is 23.5. The predicted octanol–water partition coefficient (Wildman–Crippen LogP) is 3.52. The van der Waals surface area contributed by atoms with Gasteiger partial charge in [0.2, 0.25) is 0 Å². The molecule has 0 amide bonds. The highest BCUT2D eigenvalue weighted by Crippen LogP contribution is 2.26. The topological polar surface area (TPSA) is 63.6 Å². The maximum absolute atomic E-state index is 12.1. The van der Waals surface area contributed by atoms with Crippen LogP contribution in [0.3, 0.4) is 0 Å². The molecule has 0 saturated carbocycles. The van der Waals surface area contributed by atoms with Crippen molar-refractivity contribution in [3.8, 4) is 0 Å². The smallest absolute Gasteiger partial charge is 0.323 e. The Hall–Kier alpha value is -2.10. The van der Waals surface area contributed by atoms with Crippen molar-refractivity contribution in [3.63, 3.8) is 0 Å². The summed E-state index contributed by atoms with van der Waals surface area (Å²) in [7, 11) is 0. The minimum absolute atomic E-state index is 0.0898. The van der Waals surface area contributed by atoms with E-state index in [0.717, 1.165) is 5.56 Å². The summed E-state index contributed by atoms with van der Waals surface area (Å²) in [6, 6.07) is 9.51. The first-order chi connectivity index (χ1) is 9.90. The third kappa shape index (κ3) is 4.74. The Labute approximate surface area is 125 Å². The minimum Gasteiger partial charge on any atom is -0.480 e. The molecule has 0 aliphatic rings. The number of carboxylic acid groups (broad SMARTS) is 1. The Morgan fingerprint density at radius 3 is 2.48 bits per heavy atom. The minimum atomic E-state index is -1.56. The van der Waals surface area contributed by atoms with E-state index in [1.807, 2.05) is 37.3 Å². The highest BCUT2D eigenvalue weighted by molar-refractivity contribution is 5.99. The predicted molar refractivity (Wildman–Crippen MR) is 81.7 cm³/mol. The van der Waals surface area contributed by atoms with Crippen molar-refractivity contribution in [2.24, 2.45) is 5.41 Å². The van der Waals surface area contributed by atoms with Gasteiger partial charge in [-0.15, -0.1) is 0 Å². The number of aliphatic carboxylic acids is 1. The number of rotatable bonds is 7. The van der Waals surface area contributed by atoms with E-state index in [4.69, 9.17) is 4.74 Å². The number of allylic oxidation sites excluding steroid dienone is 1. The van der Waals surface area contributed by atoms with E-state index in [1.165, 1.54) is 6.92 Å². The molecule has 0 bridgehead atoms. The Bertz CT molecular complexity index is 507. The van der Waals surface area contributed by atoms with Crippen molar-refractivity contribution >= 4 is 18.0 Å². The molecule has 0 heterocycles. The van der Waals surface area contributed by atoms with Gasteiger partial charge in [-0.1, -0.05) is 49.4 Å². The average Bonchev–Trinajstić information content (AvgIpc) is 2.47. The lowest BCUT2D eigenvalue weighted by molar-refractivity contribution is -0.170. The van der Waals surface area contributed by atoms with Crippen molar-refractivity contribution < 1.29 is 19.4 Å². The number of carbonyl (C=O) groups excluding carboxylic acids is 1. The zero-order valence-electron chi connectivity index (χ0n) is 12.7. The fraction of sp³-hybridized carbons (Fsp3) is 0.412. The Balaban J connectivity index is 2.79. The molecule has 114 valence electrons. The molecule has 1 aromatic carbocycles. The summed E-state index contributed by atoms with van der Waals surface area (Å²) in [5, 5.41) is 9.35. The lowest BCUT2D eigenvalue weighted by Crippen LogP contribution is -2.39. The Morgan fingerprint density at radius 1 is 1.33 bits per heavy atom. The maximum Gasteiger partial charge on any atom is 0.323 e. The summed E-state index contributed by atoms with van der Waals surface area (Å²) in [6.07, 6.45) is 3.96. The molecule has 0 radical (unpaired) electrons. The number of esters is 1. The third-order valence-corrected chi connectivity index (χ3v) is 3.44. The molecule has 1 aromatic rings. The summed E-state index contributed by atoms with van der Waals surface area (Å²) in [5.74, 6) is -1.87. The molecule has 4 heteroatoms. The first kappa shape index (κ1) is 17.0. The fourth-order valence-corrected chi connectivity index (χ4v) is 1.65. The molecule has 2 atom stereocenters. The second-order valence-corrected chi connectivity index (χ2v) is 5.28. The van der Waals surface area contributed by atoms with Crippen LogP contribution in [0.4, 0.5) is 0 Å². The number of hydrogen-bond donors (Lipinski definition) is 1. The molecule has 0 spiro atoms. The molecule has 0 aromatic heterocycles. The van der Waals surface area contributed by atoms with Crippen LogP contribution in [0, 0.1) is 5.41 Å². The average molecular weight is 290 g/mol. The molecule has 21 heavy (non-hydrogen) atoms. The van der Waals surface area contributed by atoms with Gasteiger partial charge in [0.25, 0.3) is 0 Å². The second kappa shape index (κ2) is 7.62. The van der Waals surface area contributed by atoms with E-state index in [0.29, 0.717) is 6.42 Å². The largest absolute Gasteiger partial charge is 0.480 e. The molecule has 0 fully saturated rings. The van der Waals surface area contributed by atoms with Gasteiger partial charge < -0.3 is 9.84 Å². The van der Waals surface area contributed by atoms with Gasteiger partial charge >= 0.3 is 11.9 Å². The molecule has 0 saturated heterocycles. The molecule has 0 aliphatic carbocycles. The molecule has 1 N–H and O–H groups in total. The van der Waals surface area contributed by atoms with E-state index in [9.17, 15) is 14.7 Å². The monoisotopic (exact) mass is 290 g/mol. The van der Waals surface area contributed by atoms with Crippen LogP contribution in [0.5, 0.6) is 0 Å². The number of benzene rings is 1. The van der Waals surface area contributed by atoms with Crippen LogP contribution in [-0.2, 0) is 14.3 Å². The molecule has 1 rings (SSSR count). The van der Waals surface area contributed by atoms with Crippen LogP contribution in [0.2, 0.25) is 0 Å². The van der Waals surface area contributed by atoms with E-state index < -0.39 is 17.4 Å². The van der Waals surface area contributed by atoms with Crippen molar-refractivity contribution in [2.75, 3.05) is 0 Å². The van der Waals surface area contributed by atoms with Gasteiger partial charge in [-0.05, 0) is 32.3 Å². The lowest BCUT2D eigenvalue weighted by Gasteiger charge is -2.23. The lowest BCUT2D eigenvalue weighted by atomic mass is 9.86. The van der Waals surface area contributed by atoms with Crippen molar-refractivity contribution in [2.45, 2.75) is 39.7 Å². The van der Waals surface area contributed by atoms with E-state index in [1.54, 1.807) is 19.1 Å². The van der Waals surface area contributed by atoms with Crippen LogP contribution in [0.1, 0.15) is 39.2 Å². The highest BCUT2D eigenvalue weighted by Gasteiger charge is 2.42. The van der Waals surface area contributed by atoms with Gasteiger partial charge in [-0.2, -0.15) is 0 Å². The van der Waals surface area contributed by atoms with E-state index >= 15 is 0 Å². The number of carboxylic acids is 1. The third-order valence-electron chi connectivity index (χ3n) is 3.44. The van der Waals surface area contributed by atoms with Crippen molar-refractivity contribution in [1.82, 2.24) is 0 Å². The van der Waals surface area contributed by atoms with Gasteiger partial charge in [0, 0.05) is 0 Å². The molecule has 2 unspecified atom stereocenters. The second-order valence-electron chi connectivity index (χ2n) is 5.28. The van der Waals surface area contributed by atoms with Crippen LogP contribution in [0.25, 0.3) is 6.08 Å². The highest BCUT2D eigenvalue weighted by atomic mass is 16.5. The van der Waals surface area contributed by atoms with Crippen LogP contribution in [-0.4, -0.2) is 23.1 Å². The standard InChI is InChI=1S/C17H22O4/c1-4-13(2)21-16(20)17(3,15(18)19)12-8-11-14-9-6-5-7-10-14/h5-11,13H,4,12H2,1-3H3,(H,18,19). The van der Waals surface area contributed by atoms with Crippen LogP contribution >= 0.6 is 0 Å². The molecule has 0 aliphatic heterocycles. The maximum atomic E-state index is 12.1. The molecular formula is C17H22O4. The molecule has 4 nitrogen and oxygen atoms in total. The first-order valence-electron chi connectivity index (χ1n) is 7.06. The zero-order valence-corrected chi connectivity index (χ0v) is 12.7. The van der Waals surface area contributed by atoms with E-state index in [-0.39, 0.29) is 12.5 Å². The quantitative estimate of drug-likeness (QED) is 0.616. The van der Waals surface area contributed by atoms with Crippen LogP contribution < -0.4 is 0 Å². The van der Waals surface area contributed by atoms with Crippen molar-refractivity contribution in [3.05, 3.63) is 42.0 Å². The SMILES string of the molecule is CCC(C)OC(=O)C(C)(CC=Cc1ccccc1)C(=O)O. The van der Waals surface area contributed by atoms with E-state index in [2.05, 4.69) is 0 Å². The Morgan fingerprint density at radius 2 is 1.95 bits per heavy atom. The fourth-order valence-electron chi connectivity index (χ4n) is 1.65. The summed E-state index contributed by atoms with van der Waals surface area (Å²) < 4.78 is 5.18. The van der Waals surface area contributed by atoms with Gasteiger partial charge in [0.05, 0.1) is 6.10 Å². The summed E-state index contributed by atoms with van der Waals surface area (Å²) >= 11 is 0. The van der Waals surface area contributed by atoms with Crippen LogP contribution in [0.15, 0.2) is 36.4 Å². The first-order valence-corrected chi connectivity index (χ1v) is 7.06. The number of hydrogen-bond acceptors (Lipinski definition) is 3. The van der Waals surface area contributed by atoms with Gasteiger partial charge in [0.15, 0.2) is 5.41 Å². The number of carbonyl (C=O) groups is 2. The number of ether oxygens (including phenoxy) is 1. The van der Waals surface area contributed by atoms with Gasteiger partial charge in [-0.3, -0.25) is 9.59 Å². The van der Waals surface area contributed by atoms with Gasteiger partial charge in [-0.25, -0.2) is 0 Å². The zero-order chi connectivity index (χ0) is 15.9. The molecular weight excluding hydrogens is 268 g/mol. The van der Waals surface area contributed by atoms with Gasteiger partial charge in [0.1, 0.15) is 0 Å². The van der Waals surface area contributed by atoms with Crippen molar-refractivity contribution in [1.29, 1.82) is 0 Å². The Kier molecular flexibility index (Phi) is 6.15. The summed E-state index contributed by atoms with van der Waals surface area (Å²) in [6.45, 7) is 5.03. The normalized spacial score (nSPS) is 15.4.